The zero-order valence-electron chi connectivity index (χ0n) is 42.3. The maximum Gasteiger partial charge on any atom is 0.328 e. The van der Waals surface area contributed by atoms with Crippen LogP contribution in [0.5, 0.6) is 0 Å². The third-order valence-corrected chi connectivity index (χ3v) is 12.9. The predicted molar refractivity (Wildman–Crippen MR) is 289 cm³/mol. The molecule has 0 aliphatic heterocycles. The monoisotopic (exact) mass is 1080 g/mol. The number of non-ortho nitro benzene ring substituents is 3. The van der Waals surface area contributed by atoms with E-state index in [-0.39, 0.29) is 23.0 Å². The molecular formula is C53H59N9O12S2. The second-order valence-electron chi connectivity index (χ2n) is 17.2. The molecule has 0 bridgehead atoms. The van der Waals surface area contributed by atoms with Gasteiger partial charge in [-0.2, -0.15) is 23.5 Å². The Morgan fingerprint density at radius 1 is 0.553 bits per heavy atom. The molecule has 0 aliphatic rings. The van der Waals surface area contributed by atoms with Crippen molar-refractivity contribution in [3.63, 3.8) is 0 Å². The van der Waals surface area contributed by atoms with E-state index < -0.39 is 44.7 Å². The highest BCUT2D eigenvalue weighted by atomic mass is 32.2. The fraction of sp³-hybridized carbons (Fsp3) is 0.302. The topological polar surface area (TPSA) is 275 Å². The summed E-state index contributed by atoms with van der Waals surface area (Å²) in [5.41, 5.74) is 6.04. The zero-order valence-corrected chi connectivity index (χ0v) is 44.0. The summed E-state index contributed by atoms with van der Waals surface area (Å²) in [4.78, 5) is 93.3. The Kier molecular flexibility index (Phi) is 23.6. The fourth-order valence-corrected chi connectivity index (χ4v) is 8.70. The van der Waals surface area contributed by atoms with E-state index in [2.05, 4.69) is 30.4 Å². The number of ether oxygens (including phenoxy) is 2. The number of nitrogens with zero attached hydrogens (tertiary/aromatic N) is 6. The number of carbonyl (C=O) groups is 4. The molecule has 2 amide bonds. The number of nitrogens with one attached hydrogen (secondary N) is 3. The second-order valence-corrected chi connectivity index (χ2v) is 19.2. The first-order chi connectivity index (χ1) is 36.6. The number of amides is 2. The highest BCUT2D eigenvalue weighted by Crippen LogP contribution is 2.21. The van der Waals surface area contributed by atoms with Crippen LogP contribution < -0.4 is 10.6 Å². The smallest absolute Gasteiger partial charge is 0.328 e. The number of methoxy groups -OCH3 is 2. The van der Waals surface area contributed by atoms with Crippen LogP contribution in [0.1, 0.15) is 67.1 Å². The van der Waals surface area contributed by atoms with E-state index in [9.17, 15) is 49.5 Å². The van der Waals surface area contributed by atoms with Crippen molar-refractivity contribution in [2.24, 2.45) is 0 Å². The van der Waals surface area contributed by atoms with E-state index in [1.807, 2.05) is 30.8 Å². The zero-order chi connectivity index (χ0) is 55.0. The van der Waals surface area contributed by atoms with Crippen molar-refractivity contribution in [3.05, 3.63) is 209 Å². The summed E-state index contributed by atoms with van der Waals surface area (Å²) in [6.45, 7) is 2.87. The van der Waals surface area contributed by atoms with Crippen LogP contribution in [0.15, 0.2) is 134 Å². The third-order valence-electron chi connectivity index (χ3n) is 11.6. The SMILES string of the molecule is COC(=O)[C@H](CCSC)NC(=O)c1cccc(CN(Cc2ccc([N+](=O)[O-])cc2)Cc2c[nH]cn2)c1.COC(=O)[C@H](CCSC)NC(=O)c1cccc(CN(Cc2ccc([N+](=O)[O-])cc2)Cc2ccc([N+](=O)[O-])cc2)c1. The second kappa shape index (κ2) is 30.4. The average Bonchev–Trinajstić information content (AvgIpc) is 3.94. The number of hydrogen-bond acceptors (Lipinski definition) is 17. The molecule has 3 N–H and O–H groups in total. The van der Waals surface area contributed by atoms with Gasteiger partial charge >= 0.3 is 11.9 Å². The molecule has 0 spiro atoms. The molecule has 23 heteroatoms. The molecule has 0 aliphatic carbocycles. The summed E-state index contributed by atoms with van der Waals surface area (Å²) >= 11 is 3.15. The number of imidazole rings is 1. The lowest BCUT2D eigenvalue weighted by molar-refractivity contribution is -0.385. The summed E-state index contributed by atoms with van der Waals surface area (Å²) in [5.74, 6) is -0.318. The van der Waals surface area contributed by atoms with Crippen LogP contribution in [0.3, 0.4) is 0 Å². The molecule has 1 aromatic heterocycles. The van der Waals surface area contributed by atoms with Crippen molar-refractivity contribution in [2.45, 2.75) is 64.2 Å². The van der Waals surface area contributed by atoms with E-state index in [1.54, 1.807) is 103 Å². The van der Waals surface area contributed by atoms with Gasteiger partial charge in [0.2, 0.25) is 0 Å². The molecule has 6 rings (SSSR count). The van der Waals surface area contributed by atoms with Crippen molar-refractivity contribution in [2.75, 3.05) is 38.2 Å². The average molecular weight is 1080 g/mol. The molecular weight excluding hydrogens is 1020 g/mol. The number of esters is 2. The quantitative estimate of drug-likeness (QED) is 0.0249. The Morgan fingerprint density at radius 2 is 0.908 bits per heavy atom. The molecule has 76 heavy (non-hydrogen) atoms. The van der Waals surface area contributed by atoms with E-state index >= 15 is 0 Å². The molecule has 0 fully saturated rings. The van der Waals surface area contributed by atoms with E-state index in [1.165, 1.54) is 50.6 Å². The van der Waals surface area contributed by atoms with Gasteiger partial charge in [0.05, 0.1) is 41.0 Å². The van der Waals surface area contributed by atoms with Gasteiger partial charge in [0.25, 0.3) is 28.9 Å². The van der Waals surface area contributed by atoms with Crippen LogP contribution >= 0.6 is 23.5 Å². The number of hydrogen-bond donors (Lipinski definition) is 3. The highest BCUT2D eigenvalue weighted by Gasteiger charge is 2.24. The molecule has 1 heterocycles. The van der Waals surface area contributed by atoms with Crippen molar-refractivity contribution in [3.8, 4) is 0 Å². The molecule has 21 nitrogen and oxygen atoms in total. The first kappa shape index (κ1) is 58.9. The predicted octanol–water partition coefficient (Wildman–Crippen LogP) is 8.27. The number of nitro groups is 3. The maximum absolute atomic E-state index is 13.0. The number of nitro benzene ring substituents is 3. The molecule has 0 unspecified atom stereocenters. The standard InChI is InChI=1S/C28H30N4O7S.C25H29N5O5S/c1-39-28(34)26(14-15-40-2)29-27(33)23-5-3-4-22(16-23)19-30(17-20-6-10-24(11-7-20)31(35)36)18-21-8-12-25(13-9-21)32(37)38;1-35-25(32)23(10-11-36-2)28-24(31)20-5-3-4-19(12-20)15-29(16-21-13-26-17-27-21)14-18-6-8-22(9-7-18)30(33)34/h3-13,16,26H,14-15,17-19H2,1-2H3,(H,29,33);3-9,12-13,17,23H,10-11,14-16H2,1-2H3,(H,26,27)(H,28,31)/t26-;23-/m00/s1. The summed E-state index contributed by atoms with van der Waals surface area (Å²) in [6, 6.07) is 31.8. The van der Waals surface area contributed by atoms with Crippen LogP contribution in [0.2, 0.25) is 0 Å². The van der Waals surface area contributed by atoms with Crippen molar-refractivity contribution in [1.29, 1.82) is 0 Å². The highest BCUT2D eigenvalue weighted by molar-refractivity contribution is 7.98. The van der Waals surface area contributed by atoms with E-state index in [0.717, 1.165) is 33.5 Å². The normalized spacial score (nSPS) is 11.7. The molecule has 0 radical (unpaired) electrons. The van der Waals surface area contributed by atoms with Gasteiger partial charge in [-0.25, -0.2) is 14.6 Å². The lowest BCUT2D eigenvalue weighted by Gasteiger charge is -2.23. The molecule has 400 valence electrons. The third kappa shape index (κ3) is 19.1. The minimum atomic E-state index is -0.755. The van der Waals surface area contributed by atoms with Crippen molar-refractivity contribution >= 4 is 64.3 Å². The summed E-state index contributed by atoms with van der Waals surface area (Å²) in [7, 11) is 2.59. The largest absolute Gasteiger partial charge is 0.467 e. The van der Waals surface area contributed by atoms with Crippen molar-refractivity contribution in [1.82, 2.24) is 30.4 Å². The van der Waals surface area contributed by atoms with Crippen LogP contribution in [0.4, 0.5) is 17.1 Å². The molecule has 0 saturated heterocycles. The van der Waals surface area contributed by atoms with Gasteiger partial charge < -0.3 is 25.1 Å². The lowest BCUT2D eigenvalue weighted by atomic mass is 10.1. The molecule has 6 aromatic rings. The van der Waals surface area contributed by atoms with Gasteiger partial charge in [0, 0.05) is 93.0 Å². The Hall–Kier alpha value is -7.99. The van der Waals surface area contributed by atoms with Gasteiger partial charge in [-0.1, -0.05) is 60.7 Å². The number of thioether (sulfide) groups is 2. The minimum absolute atomic E-state index is 0.00725. The first-order valence-electron chi connectivity index (χ1n) is 23.6. The van der Waals surface area contributed by atoms with Gasteiger partial charge in [0.1, 0.15) is 12.1 Å². The number of rotatable bonds is 27. The van der Waals surface area contributed by atoms with Gasteiger partial charge in [0.15, 0.2) is 0 Å². The summed E-state index contributed by atoms with van der Waals surface area (Å²) in [5, 5.41) is 38.6. The first-order valence-corrected chi connectivity index (χ1v) is 26.4. The van der Waals surface area contributed by atoms with Crippen LogP contribution in [-0.2, 0) is 58.3 Å². The number of H-pyrrole nitrogens is 1. The van der Waals surface area contributed by atoms with Crippen molar-refractivity contribution < 1.29 is 43.4 Å². The Labute approximate surface area is 447 Å². The van der Waals surface area contributed by atoms with E-state index in [4.69, 9.17) is 9.47 Å². The number of aromatic nitrogens is 2. The summed E-state index contributed by atoms with van der Waals surface area (Å²) in [6.07, 6.45) is 8.20. The van der Waals surface area contributed by atoms with Gasteiger partial charge in [-0.05, 0) is 88.9 Å². The lowest BCUT2D eigenvalue weighted by Crippen LogP contribution is -2.42. The Bertz CT molecular complexity index is 2820. The van der Waals surface area contributed by atoms with Crippen LogP contribution in [0, 0.1) is 30.3 Å². The maximum atomic E-state index is 13.0. The summed E-state index contributed by atoms with van der Waals surface area (Å²) < 4.78 is 9.67. The Balaban J connectivity index is 0.000000282. The Morgan fingerprint density at radius 3 is 1.22 bits per heavy atom. The molecule has 5 aromatic carbocycles. The number of benzene rings is 5. The van der Waals surface area contributed by atoms with E-state index in [0.29, 0.717) is 74.7 Å². The van der Waals surface area contributed by atoms with Gasteiger partial charge in [-0.3, -0.25) is 49.7 Å². The number of aromatic amines is 1. The molecule has 0 saturated carbocycles. The molecule has 2 atom stereocenters. The van der Waals surface area contributed by atoms with Gasteiger partial charge in [-0.15, -0.1) is 0 Å². The fourth-order valence-electron chi connectivity index (χ4n) is 7.76. The van der Waals surface area contributed by atoms with Crippen LogP contribution in [-0.4, -0.2) is 109 Å². The van der Waals surface area contributed by atoms with Crippen LogP contribution in [0.25, 0.3) is 0 Å². The minimum Gasteiger partial charge on any atom is -0.467 e. The number of carbonyl (C=O) groups excluding carboxylic acids is 4.